The molecule has 0 atom stereocenters. The van der Waals surface area contributed by atoms with E-state index >= 15 is 0 Å². The average molecular weight is 347 g/mol. The van der Waals surface area contributed by atoms with Crippen molar-refractivity contribution in [2.24, 2.45) is 0 Å². The minimum Gasteiger partial charge on any atom is -0.462 e. The Bertz CT molecular complexity index is 767. The molecule has 6 nitrogen and oxygen atoms in total. The standard InChI is InChI=1S/C17H17NO5S/c1-4-22-16(20)13-10(2)14(11(3)19)24-15(13)18-17(21)23-12-8-6-5-7-9-12/h5-9H,4H2,1-3H3,(H,18,21). The van der Waals surface area contributed by atoms with Gasteiger partial charge in [0.1, 0.15) is 10.8 Å². The molecule has 0 radical (unpaired) electrons. The normalized spacial score (nSPS) is 10.1. The number of para-hydroxylation sites is 1. The summed E-state index contributed by atoms with van der Waals surface area (Å²) < 4.78 is 10.1. The highest BCUT2D eigenvalue weighted by molar-refractivity contribution is 7.18. The summed E-state index contributed by atoms with van der Waals surface area (Å²) in [7, 11) is 0. The third-order valence-electron chi connectivity index (χ3n) is 3.12. The van der Waals surface area contributed by atoms with Crippen molar-refractivity contribution in [3.8, 4) is 5.75 Å². The van der Waals surface area contributed by atoms with Crippen molar-refractivity contribution in [3.05, 3.63) is 46.3 Å². The van der Waals surface area contributed by atoms with Gasteiger partial charge in [0, 0.05) is 0 Å². The maximum absolute atomic E-state index is 12.1. The largest absolute Gasteiger partial charge is 0.462 e. The number of hydrogen-bond donors (Lipinski definition) is 1. The zero-order valence-corrected chi connectivity index (χ0v) is 14.4. The number of carbonyl (C=O) groups excluding carboxylic acids is 3. The number of thiophene rings is 1. The van der Waals surface area contributed by atoms with E-state index in [2.05, 4.69) is 5.32 Å². The lowest BCUT2D eigenvalue weighted by Gasteiger charge is -2.07. The summed E-state index contributed by atoms with van der Waals surface area (Å²) in [5.41, 5.74) is 0.665. The Morgan fingerprint density at radius 1 is 1.17 bits per heavy atom. The number of Topliss-reactive ketones (excluding diaryl/α,β-unsaturated/α-hetero) is 1. The lowest BCUT2D eigenvalue weighted by Crippen LogP contribution is -2.18. The molecule has 0 aliphatic carbocycles. The smallest absolute Gasteiger partial charge is 0.417 e. The first kappa shape index (κ1) is 17.7. The molecule has 0 fully saturated rings. The minimum atomic E-state index is -0.747. The van der Waals surface area contributed by atoms with Crippen LogP contribution in [-0.4, -0.2) is 24.5 Å². The summed E-state index contributed by atoms with van der Waals surface area (Å²) in [4.78, 5) is 36.3. The van der Waals surface area contributed by atoms with Crippen LogP contribution in [0.25, 0.3) is 0 Å². The molecule has 126 valence electrons. The first-order valence-corrected chi connectivity index (χ1v) is 8.11. The first-order valence-electron chi connectivity index (χ1n) is 7.29. The second-order valence-electron chi connectivity index (χ2n) is 4.86. The van der Waals surface area contributed by atoms with Gasteiger partial charge in [-0.1, -0.05) is 18.2 Å². The van der Waals surface area contributed by atoms with Crippen molar-refractivity contribution in [1.82, 2.24) is 0 Å². The van der Waals surface area contributed by atoms with Crippen molar-refractivity contribution in [2.45, 2.75) is 20.8 Å². The molecule has 0 aliphatic rings. The summed E-state index contributed by atoms with van der Waals surface area (Å²) in [5.74, 6) is -0.408. The third kappa shape index (κ3) is 3.99. The molecule has 1 amide bonds. The molecular weight excluding hydrogens is 330 g/mol. The fraction of sp³-hybridized carbons (Fsp3) is 0.235. The molecule has 1 N–H and O–H groups in total. The monoisotopic (exact) mass is 347 g/mol. The number of ketones is 1. The van der Waals surface area contributed by atoms with E-state index in [1.807, 2.05) is 0 Å². The summed E-state index contributed by atoms with van der Waals surface area (Å²) >= 11 is 1.02. The zero-order chi connectivity index (χ0) is 17.7. The van der Waals surface area contributed by atoms with Crippen LogP contribution in [-0.2, 0) is 4.74 Å². The average Bonchev–Trinajstić information content (AvgIpc) is 2.85. The number of ether oxygens (including phenoxy) is 2. The molecule has 0 bridgehead atoms. The number of anilines is 1. The van der Waals surface area contributed by atoms with E-state index in [1.54, 1.807) is 44.2 Å². The third-order valence-corrected chi connectivity index (χ3v) is 4.42. The maximum atomic E-state index is 12.1. The van der Waals surface area contributed by atoms with Crippen molar-refractivity contribution in [2.75, 3.05) is 11.9 Å². The van der Waals surface area contributed by atoms with Gasteiger partial charge in [0.15, 0.2) is 5.78 Å². The van der Waals surface area contributed by atoms with E-state index in [0.717, 1.165) is 11.3 Å². The van der Waals surface area contributed by atoms with E-state index in [0.29, 0.717) is 16.2 Å². The van der Waals surface area contributed by atoms with Crippen molar-refractivity contribution < 1.29 is 23.9 Å². The topological polar surface area (TPSA) is 81.7 Å². The fourth-order valence-corrected chi connectivity index (χ4v) is 3.18. The van der Waals surface area contributed by atoms with Gasteiger partial charge >= 0.3 is 12.1 Å². The van der Waals surface area contributed by atoms with Crippen LogP contribution >= 0.6 is 11.3 Å². The Hall–Kier alpha value is -2.67. The minimum absolute atomic E-state index is 0.178. The number of hydrogen-bond acceptors (Lipinski definition) is 6. The molecule has 2 aromatic rings. The summed E-state index contributed by atoms with van der Waals surface area (Å²) in [6, 6.07) is 8.52. The van der Waals surface area contributed by atoms with Crippen LogP contribution in [0.4, 0.5) is 9.80 Å². The number of amides is 1. The van der Waals surface area contributed by atoms with Gasteiger partial charge in [0.2, 0.25) is 0 Å². The van der Waals surface area contributed by atoms with Gasteiger partial charge in [-0.2, -0.15) is 0 Å². The summed E-state index contributed by atoms with van der Waals surface area (Å²) in [6.07, 6.45) is -0.747. The van der Waals surface area contributed by atoms with Gasteiger partial charge in [0.05, 0.1) is 17.0 Å². The Balaban J connectivity index is 2.28. The quantitative estimate of drug-likeness (QED) is 0.652. The fourth-order valence-electron chi connectivity index (χ4n) is 2.10. The van der Waals surface area contributed by atoms with Gasteiger partial charge in [-0.3, -0.25) is 10.1 Å². The Morgan fingerprint density at radius 3 is 2.42 bits per heavy atom. The van der Waals surface area contributed by atoms with Crippen molar-refractivity contribution in [3.63, 3.8) is 0 Å². The Morgan fingerprint density at radius 2 is 1.83 bits per heavy atom. The lowest BCUT2D eigenvalue weighted by atomic mass is 10.1. The van der Waals surface area contributed by atoms with Gasteiger partial charge in [-0.05, 0) is 38.5 Å². The van der Waals surface area contributed by atoms with Gasteiger partial charge in [-0.15, -0.1) is 11.3 Å². The molecule has 0 aliphatic heterocycles. The van der Waals surface area contributed by atoms with E-state index in [1.165, 1.54) is 6.92 Å². The second-order valence-corrected chi connectivity index (χ2v) is 5.89. The van der Waals surface area contributed by atoms with Crippen molar-refractivity contribution >= 4 is 34.2 Å². The summed E-state index contributed by atoms with van der Waals surface area (Å²) in [6.45, 7) is 4.92. The van der Waals surface area contributed by atoms with E-state index < -0.39 is 12.1 Å². The second kappa shape index (κ2) is 7.74. The highest BCUT2D eigenvalue weighted by atomic mass is 32.1. The Kier molecular flexibility index (Phi) is 5.70. The molecule has 0 unspecified atom stereocenters. The lowest BCUT2D eigenvalue weighted by molar-refractivity contribution is 0.0527. The van der Waals surface area contributed by atoms with Gasteiger partial charge < -0.3 is 9.47 Å². The van der Waals surface area contributed by atoms with Gasteiger partial charge in [-0.25, -0.2) is 9.59 Å². The predicted molar refractivity (Wildman–Crippen MR) is 91.1 cm³/mol. The SMILES string of the molecule is CCOC(=O)c1c(NC(=O)Oc2ccccc2)sc(C(C)=O)c1C. The van der Waals surface area contributed by atoms with E-state index in [4.69, 9.17) is 9.47 Å². The Labute approximate surface area is 143 Å². The van der Waals surface area contributed by atoms with Crippen LogP contribution in [0.15, 0.2) is 30.3 Å². The van der Waals surface area contributed by atoms with Crippen LogP contribution in [0.3, 0.4) is 0 Å². The van der Waals surface area contributed by atoms with Crippen molar-refractivity contribution in [1.29, 1.82) is 0 Å². The number of nitrogens with one attached hydrogen (secondary N) is 1. The van der Waals surface area contributed by atoms with E-state index in [-0.39, 0.29) is 23.0 Å². The molecule has 0 saturated carbocycles. The van der Waals surface area contributed by atoms with Gasteiger partial charge in [0.25, 0.3) is 0 Å². The van der Waals surface area contributed by atoms with Crippen LogP contribution in [0.1, 0.15) is 39.4 Å². The highest BCUT2D eigenvalue weighted by Gasteiger charge is 2.25. The van der Waals surface area contributed by atoms with E-state index in [9.17, 15) is 14.4 Å². The molecule has 1 heterocycles. The number of rotatable bonds is 5. The number of benzene rings is 1. The molecule has 1 aromatic carbocycles. The van der Waals surface area contributed by atoms with Crippen LogP contribution < -0.4 is 10.1 Å². The van der Waals surface area contributed by atoms with Crippen LogP contribution in [0.2, 0.25) is 0 Å². The molecular formula is C17H17NO5S. The predicted octanol–water partition coefficient (Wildman–Crippen LogP) is 4.05. The highest BCUT2D eigenvalue weighted by Crippen LogP contribution is 2.34. The number of esters is 1. The molecule has 0 saturated heterocycles. The van der Waals surface area contributed by atoms with Crippen LogP contribution in [0.5, 0.6) is 5.75 Å². The zero-order valence-electron chi connectivity index (χ0n) is 13.5. The number of carbonyl (C=O) groups is 3. The first-order chi connectivity index (χ1) is 11.4. The maximum Gasteiger partial charge on any atom is 0.417 e. The summed E-state index contributed by atoms with van der Waals surface area (Å²) in [5, 5.41) is 2.75. The molecule has 24 heavy (non-hydrogen) atoms. The van der Waals surface area contributed by atoms with Crippen LogP contribution in [0, 0.1) is 6.92 Å². The molecule has 0 spiro atoms. The molecule has 1 aromatic heterocycles. The molecule has 7 heteroatoms. The molecule has 2 rings (SSSR count).